The standard InChI is InChI=1S/C29H39FN2O4/c1-29(2,3)36-28(34)32(19-9-12-22-15-17-25(30)18-16-22)20-24-13-7-8-14-26(24)31-27(33)35-21-23-10-5-4-6-11-23/h4-6,10-11,15-18,24,26H,7-9,12-14,19-21H2,1-3H3,(H,31,33). The van der Waals surface area contributed by atoms with E-state index in [1.165, 1.54) is 12.1 Å². The van der Waals surface area contributed by atoms with Crippen LogP contribution < -0.4 is 5.32 Å². The Morgan fingerprint density at radius 1 is 1.00 bits per heavy atom. The maximum atomic E-state index is 13.2. The van der Waals surface area contributed by atoms with Crippen LogP contribution in [0.1, 0.15) is 64.0 Å². The smallest absolute Gasteiger partial charge is 0.410 e. The number of rotatable bonds is 9. The maximum absolute atomic E-state index is 13.2. The van der Waals surface area contributed by atoms with Crippen molar-refractivity contribution in [1.82, 2.24) is 10.2 Å². The molecule has 2 unspecified atom stereocenters. The van der Waals surface area contributed by atoms with Crippen molar-refractivity contribution >= 4 is 12.2 Å². The van der Waals surface area contributed by atoms with Crippen LogP contribution in [0.15, 0.2) is 54.6 Å². The lowest BCUT2D eigenvalue weighted by Gasteiger charge is -2.36. The van der Waals surface area contributed by atoms with Crippen LogP contribution in [0, 0.1) is 11.7 Å². The van der Waals surface area contributed by atoms with Crippen LogP contribution in [0.25, 0.3) is 0 Å². The summed E-state index contributed by atoms with van der Waals surface area (Å²) in [4.78, 5) is 27.3. The van der Waals surface area contributed by atoms with Gasteiger partial charge in [-0.25, -0.2) is 14.0 Å². The number of amides is 2. The minimum atomic E-state index is -0.599. The topological polar surface area (TPSA) is 67.9 Å². The van der Waals surface area contributed by atoms with Crippen molar-refractivity contribution < 1.29 is 23.5 Å². The summed E-state index contributed by atoms with van der Waals surface area (Å²) in [6, 6.07) is 16.0. The lowest BCUT2D eigenvalue weighted by Crippen LogP contribution is -2.48. The normalized spacial score (nSPS) is 17.8. The van der Waals surface area contributed by atoms with Crippen molar-refractivity contribution in [3.63, 3.8) is 0 Å². The van der Waals surface area contributed by atoms with Crippen LogP contribution >= 0.6 is 0 Å². The van der Waals surface area contributed by atoms with E-state index in [1.54, 1.807) is 17.0 Å². The van der Waals surface area contributed by atoms with E-state index < -0.39 is 11.7 Å². The average molecular weight is 499 g/mol. The van der Waals surface area contributed by atoms with Gasteiger partial charge in [-0.3, -0.25) is 0 Å². The molecule has 0 bridgehead atoms. The molecular formula is C29H39FN2O4. The predicted octanol–water partition coefficient (Wildman–Crippen LogP) is 6.48. The summed E-state index contributed by atoms with van der Waals surface area (Å²) in [5.74, 6) is -0.145. The molecule has 6 nitrogen and oxygen atoms in total. The first-order valence-corrected chi connectivity index (χ1v) is 12.9. The number of carbonyl (C=O) groups excluding carboxylic acids is 2. The van der Waals surface area contributed by atoms with E-state index in [-0.39, 0.29) is 30.5 Å². The summed E-state index contributed by atoms with van der Waals surface area (Å²) in [5, 5.41) is 3.04. The number of ether oxygens (including phenoxy) is 2. The predicted molar refractivity (Wildman–Crippen MR) is 138 cm³/mol. The third kappa shape index (κ3) is 9.51. The monoisotopic (exact) mass is 498 g/mol. The molecule has 2 aromatic rings. The van der Waals surface area contributed by atoms with Crippen molar-refractivity contribution in [2.24, 2.45) is 5.92 Å². The van der Waals surface area contributed by atoms with Crippen molar-refractivity contribution in [1.29, 1.82) is 0 Å². The van der Waals surface area contributed by atoms with E-state index in [2.05, 4.69) is 5.32 Å². The minimum absolute atomic E-state index is 0.0657. The molecule has 0 spiro atoms. The van der Waals surface area contributed by atoms with Crippen LogP contribution in [0.3, 0.4) is 0 Å². The zero-order chi connectivity index (χ0) is 26.0. The van der Waals surface area contributed by atoms with Crippen LogP contribution in [-0.2, 0) is 22.5 Å². The van der Waals surface area contributed by atoms with Gasteiger partial charge in [0.2, 0.25) is 0 Å². The van der Waals surface area contributed by atoms with Crippen molar-refractivity contribution in [3.8, 4) is 0 Å². The van der Waals surface area contributed by atoms with Crippen molar-refractivity contribution in [2.75, 3.05) is 13.1 Å². The number of nitrogens with one attached hydrogen (secondary N) is 1. The highest BCUT2D eigenvalue weighted by atomic mass is 19.1. The summed E-state index contributed by atoms with van der Waals surface area (Å²) < 4.78 is 24.3. The number of alkyl carbamates (subject to hydrolysis) is 1. The second-order valence-electron chi connectivity index (χ2n) is 10.5. The van der Waals surface area contributed by atoms with Gasteiger partial charge >= 0.3 is 12.2 Å². The highest BCUT2D eigenvalue weighted by Crippen LogP contribution is 2.26. The average Bonchev–Trinajstić information content (AvgIpc) is 2.84. The minimum Gasteiger partial charge on any atom is -0.445 e. The fourth-order valence-corrected chi connectivity index (χ4v) is 4.52. The SMILES string of the molecule is CC(C)(C)OC(=O)N(CCCc1ccc(F)cc1)CC1CCCCC1NC(=O)OCc1ccccc1. The third-order valence-electron chi connectivity index (χ3n) is 6.34. The summed E-state index contributed by atoms with van der Waals surface area (Å²) in [6.07, 6.45) is 4.53. The molecule has 0 radical (unpaired) electrons. The molecule has 196 valence electrons. The molecule has 1 aliphatic carbocycles. The fourth-order valence-electron chi connectivity index (χ4n) is 4.52. The molecule has 1 saturated carbocycles. The van der Waals surface area contributed by atoms with Crippen molar-refractivity contribution in [2.45, 2.75) is 77.5 Å². The largest absolute Gasteiger partial charge is 0.445 e. The Kier molecular flexibility index (Phi) is 10.1. The molecule has 7 heteroatoms. The molecule has 0 heterocycles. The molecular weight excluding hydrogens is 459 g/mol. The van der Waals surface area contributed by atoms with E-state index in [0.717, 1.165) is 49.7 Å². The molecule has 2 aromatic carbocycles. The van der Waals surface area contributed by atoms with Gasteiger partial charge in [-0.2, -0.15) is 0 Å². The van der Waals surface area contributed by atoms with E-state index in [1.807, 2.05) is 51.1 Å². The van der Waals surface area contributed by atoms with Crippen LogP contribution in [0.5, 0.6) is 0 Å². The van der Waals surface area contributed by atoms with Crippen LogP contribution in [0.4, 0.5) is 14.0 Å². The number of hydrogen-bond donors (Lipinski definition) is 1. The summed E-state index contributed by atoms with van der Waals surface area (Å²) >= 11 is 0. The Morgan fingerprint density at radius 2 is 1.69 bits per heavy atom. The molecule has 0 aromatic heterocycles. The molecule has 2 atom stereocenters. The van der Waals surface area contributed by atoms with E-state index in [4.69, 9.17) is 9.47 Å². The van der Waals surface area contributed by atoms with Gasteiger partial charge in [-0.15, -0.1) is 0 Å². The van der Waals surface area contributed by atoms with Gasteiger partial charge in [-0.1, -0.05) is 55.3 Å². The Morgan fingerprint density at radius 3 is 2.39 bits per heavy atom. The van der Waals surface area contributed by atoms with E-state index in [9.17, 15) is 14.0 Å². The number of benzene rings is 2. The first-order chi connectivity index (χ1) is 17.2. The number of hydrogen-bond acceptors (Lipinski definition) is 4. The highest BCUT2D eigenvalue weighted by Gasteiger charge is 2.31. The Hall–Kier alpha value is -3.09. The van der Waals surface area contributed by atoms with Gasteiger partial charge in [0.1, 0.15) is 18.0 Å². The molecule has 1 N–H and O–H groups in total. The number of nitrogens with zero attached hydrogens (tertiary/aromatic N) is 1. The highest BCUT2D eigenvalue weighted by molar-refractivity contribution is 5.68. The molecule has 0 saturated heterocycles. The lowest BCUT2D eigenvalue weighted by molar-refractivity contribution is 0.0191. The lowest BCUT2D eigenvalue weighted by atomic mass is 9.84. The zero-order valence-electron chi connectivity index (χ0n) is 21.7. The van der Waals surface area contributed by atoms with Gasteiger partial charge in [0.15, 0.2) is 0 Å². The first-order valence-electron chi connectivity index (χ1n) is 12.9. The van der Waals surface area contributed by atoms with Crippen molar-refractivity contribution in [3.05, 3.63) is 71.5 Å². The van der Waals surface area contributed by atoms with Gasteiger partial charge in [0.25, 0.3) is 0 Å². The van der Waals surface area contributed by atoms with Crippen LogP contribution in [0.2, 0.25) is 0 Å². The maximum Gasteiger partial charge on any atom is 0.410 e. The van der Waals surface area contributed by atoms with Gasteiger partial charge in [0, 0.05) is 19.1 Å². The van der Waals surface area contributed by atoms with E-state index >= 15 is 0 Å². The van der Waals surface area contributed by atoms with Gasteiger partial charge in [0.05, 0.1) is 0 Å². The summed E-state index contributed by atoms with van der Waals surface area (Å²) in [6.45, 7) is 6.81. The third-order valence-corrected chi connectivity index (χ3v) is 6.34. The van der Waals surface area contributed by atoms with Crippen LogP contribution in [-0.4, -0.2) is 41.8 Å². The molecule has 1 aliphatic rings. The molecule has 36 heavy (non-hydrogen) atoms. The quantitative estimate of drug-likeness (QED) is 0.430. The summed E-state index contributed by atoms with van der Waals surface area (Å²) in [7, 11) is 0. The Labute approximate surface area is 214 Å². The Balaban J connectivity index is 1.59. The Bertz CT molecular complexity index is 959. The number of carbonyl (C=O) groups is 2. The number of halogens is 1. The number of aryl methyl sites for hydroxylation is 1. The second-order valence-corrected chi connectivity index (χ2v) is 10.5. The summed E-state index contributed by atoms with van der Waals surface area (Å²) in [5.41, 5.74) is 1.36. The van der Waals surface area contributed by atoms with E-state index in [0.29, 0.717) is 13.1 Å². The fraction of sp³-hybridized carbons (Fsp3) is 0.517. The second kappa shape index (κ2) is 13.3. The first kappa shape index (κ1) is 27.5. The molecule has 0 aliphatic heterocycles. The van der Waals surface area contributed by atoms with Gasteiger partial charge in [-0.05, 0) is 75.6 Å². The molecule has 3 rings (SSSR count). The molecule has 2 amide bonds. The van der Waals surface area contributed by atoms with Gasteiger partial charge < -0.3 is 19.7 Å². The zero-order valence-corrected chi connectivity index (χ0v) is 21.7. The molecule has 1 fully saturated rings.